The van der Waals surface area contributed by atoms with E-state index in [0.717, 1.165) is 6.42 Å². The van der Waals surface area contributed by atoms with Gasteiger partial charge in [0.2, 0.25) is 5.91 Å². The van der Waals surface area contributed by atoms with E-state index >= 15 is 0 Å². The molecule has 28 heavy (non-hydrogen) atoms. The molecule has 3 rings (SSSR count). The SMILES string of the molecule is CN(Cc1c(F)cccc1Cl)C(=O)C1CCCN(C(=O)c2ccc(Cl)cc2)C1. The third-order valence-electron chi connectivity index (χ3n) is 4.98. The molecule has 1 unspecified atom stereocenters. The molecule has 0 aliphatic carbocycles. The van der Waals surface area contributed by atoms with Crippen LogP contribution in [0.25, 0.3) is 0 Å². The van der Waals surface area contributed by atoms with Crippen LogP contribution < -0.4 is 0 Å². The van der Waals surface area contributed by atoms with Gasteiger partial charge in [0.25, 0.3) is 5.91 Å². The Bertz CT molecular complexity index is 853. The molecule has 2 aromatic carbocycles. The fraction of sp³-hybridized carbons (Fsp3) is 0.333. The Balaban J connectivity index is 1.66. The zero-order chi connectivity index (χ0) is 20.3. The molecule has 1 atom stereocenters. The second kappa shape index (κ2) is 8.93. The number of nitrogens with zero attached hydrogens (tertiary/aromatic N) is 2. The Hall–Kier alpha value is -2.11. The van der Waals surface area contributed by atoms with Crippen LogP contribution in [0, 0.1) is 11.7 Å². The average molecular weight is 423 g/mol. The highest BCUT2D eigenvalue weighted by Gasteiger charge is 2.31. The third-order valence-corrected chi connectivity index (χ3v) is 5.59. The molecular formula is C21H21Cl2FN2O2. The van der Waals surface area contributed by atoms with Crippen molar-refractivity contribution in [2.24, 2.45) is 5.92 Å². The van der Waals surface area contributed by atoms with E-state index in [9.17, 15) is 14.0 Å². The van der Waals surface area contributed by atoms with Crippen LogP contribution in [0.2, 0.25) is 10.0 Å². The minimum Gasteiger partial charge on any atom is -0.341 e. The number of piperidine rings is 1. The number of rotatable bonds is 4. The summed E-state index contributed by atoms with van der Waals surface area (Å²) in [4.78, 5) is 28.8. The fourth-order valence-corrected chi connectivity index (χ4v) is 3.80. The molecule has 148 valence electrons. The number of carbonyl (C=O) groups excluding carboxylic acids is 2. The number of hydrogen-bond donors (Lipinski definition) is 0. The summed E-state index contributed by atoms with van der Waals surface area (Å²) in [5.41, 5.74) is 0.842. The molecule has 1 aliphatic rings. The Morgan fingerprint density at radius 3 is 2.57 bits per heavy atom. The Morgan fingerprint density at radius 2 is 1.89 bits per heavy atom. The average Bonchev–Trinajstić information content (AvgIpc) is 2.70. The van der Waals surface area contributed by atoms with Crippen molar-refractivity contribution in [3.05, 3.63) is 69.5 Å². The van der Waals surface area contributed by atoms with Crippen LogP contribution in [-0.2, 0) is 11.3 Å². The number of likely N-dealkylation sites (tertiary alicyclic amines) is 1. The van der Waals surface area contributed by atoms with Crippen molar-refractivity contribution in [3.63, 3.8) is 0 Å². The van der Waals surface area contributed by atoms with E-state index in [1.807, 2.05) is 0 Å². The first-order chi connectivity index (χ1) is 13.4. The summed E-state index contributed by atoms with van der Waals surface area (Å²) >= 11 is 11.9. The van der Waals surface area contributed by atoms with Crippen molar-refractivity contribution in [1.82, 2.24) is 9.80 Å². The van der Waals surface area contributed by atoms with Crippen LogP contribution in [-0.4, -0.2) is 41.8 Å². The molecule has 0 saturated carbocycles. The maximum atomic E-state index is 14.0. The Labute approximate surface area is 173 Å². The van der Waals surface area contributed by atoms with E-state index in [0.29, 0.717) is 40.7 Å². The minimum absolute atomic E-state index is 0.0893. The number of hydrogen-bond acceptors (Lipinski definition) is 2. The van der Waals surface area contributed by atoms with E-state index in [-0.39, 0.29) is 24.3 Å². The van der Waals surface area contributed by atoms with Gasteiger partial charge in [-0.05, 0) is 49.2 Å². The summed E-state index contributed by atoms with van der Waals surface area (Å²) < 4.78 is 14.0. The van der Waals surface area contributed by atoms with Crippen molar-refractivity contribution in [2.45, 2.75) is 19.4 Å². The summed E-state index contributed by atoms with van der Waals surface area (Å²) in [7, 11) is 1.63. The van der Waals surface area contributed by atoms with Gasteiger partial charge in [-0.15, -0.1) is 0 Å². The summed E-state index contributed by atoms with van der Waals surface area (Å²) in [5, 5.41) is 0.861. The van der Waals surface area contributed by atoms with Gasteiger partial charge < -0.3 is 9.80 Å². The number of halogens is 3. The zero-order valence-electron chi connectivity index (χ0n) is 15.5. The first kappa shape index (κ1) is 20.6. The van der Waals surface area contributed by atoms with Gasteiger partial charge in [-0.1, -0.05) is 29.3 Å². The maximum Gasteiger partial charge on any atom is 0.253 e. The lowest BCUT2D eigenvalue weighted by atomic mass is 9.95. The van der Waals surface area contributed by atoms with Gasteiger partial charge in [0.15, 0.2) is 0 Å². The normalized spacial score (nSPS) is 16.7. The van der Waals surface area contributed by atoms with Crippen molar-refractivity contribution in [3.8, 4) is 0 Å². The molecular weight excluding hydrogens is 402 g/mol. The maximum absolute atomic E-state index is 14.0. The molecule has 0 spiro atoms. The lowest BCUT2D eigenvalue weighted by molar-refractivity contribution is -0.136. The quantitative estimate of drug-likeness (QED) is 0.719. The molecule has 1 heterocycles. The number of carbonyl (C=O) groups is 2. The number of benzene rings is 2. The third kappa shape index (κ3) is 4.65. The van der Waals surface area contributed by atoms with Crippen LogP contribution in [0.5, 0.6) is 0 Å². The lowest BCUT2D eigenvalue weighted by Gasteiger charge is -2.34. The van der Waals surface area contributed by atoms with Gasteiger partial charge >= 0.3 is 0 Å². The summed E-state index contributed by atoms with van der Waals surface area (Å²) in [6.07, 6.45) is 1.43. The van der Waals surface area contributed by atoms with Crippen LogP contribution in [0.15, 0.2) is 42.5 Å². The Kier molecular flexibility index (Phi) is 6.57. The lowest BCUT2D eigenvalue weighted by Crippen LogP contribution is -2.45. The molecule has 7 heteroatoms. The smallest absolute Gasteiger partial charge is 0.253 e. The molecule has 4 nitrogen and oxygen atoms in total. The summed E-state index contributed by atoms with van der Waals surface area (Å²) in [6, 6.07) is 11.2. The predicted molar refractivity (Wildman–Crippen MR) is 108 cm³/mol. The molecule has 0 radical (unpaired) electrons. The van der Waals surface area contributed by atoms with E-state index in [4.69, 9.17) is 23.2 Å². The first-order valence-corrected chi connectivity index (χ1v) is 9.85. The van der Waals surface area contributed by atoms with Crippen LogP contribution in [0.3, 0.4) is 0 Å². The van der Waals surface area contributed by atoms with E-state index in [1.165, 1.54) is 17.0 Å². The highest BCUT2D eigenvalue weighted by molar-refractivity contribution is 6.31. The van der Waals surface area contributed by atoms with Crippen LogP contribution in [0.4, 0.5) is 4.39 Å². The van der Waals surface area contributed by atoms with Crippen molar-refractivity contribution in [2.75, 3.05) is 20.1 Å². The van der Waals surface area contributed by atoms with Crippen molar-refractivity contribution < 1.29 is 14.0 Å². The molecule has 1 aliphatic heterocycles. The van der Waals surface area contributed by atoms with Gasteiger partial charge in [0.1, 0.15) is 5.82 Å². The highest BCUT2D eigenvalue weighted by atomic mass is 35.5. The van der Waals surface area contributed by atoms with Crippen molar-refractivity contribution in [1.29, 1.82) is 0 Å². The molecule has 2 aromatic rings. The van der Waals surface area contributed by atoms with Gasteiger partial charge in [0.05, 0.1) is 5.92 Å². The topological polar surface area (TPSA) is 40.6 Å². The van der Waals surface area contributed by atoms with E-state index < -0.39 is 5.82 Å². The van der Waals surface area contributed by atoms with Crippen LogP contribution >= 0.6 is 23.2 Å². The predicted octanol–water partition coefficient (Wildman–Crippen LogP) is 4.64. The van der Waals surface area contributed by atoms with Crippen LogP contribution in [0.1, 0.15) is 28.8 Å². The molecule has 0 N–H and O–H groups in total. The first-order valence-electron chi connectivity index (χ1n) is 9.09. The van der Waals surface area contributed by atoms with Gasteiger partial charge in [-0.3, -0.25) is 9.59 Å². The monoisotopic (exact) mass is 422 g/mol. The highest BCUT2D eigenvalue weighted by Crippen LogP contribution is 2.24. The van der Waals surface area contributed by atoms with E-state index in [2.05, 4.69) is 0 Å². The molecule has 1 fully saturated rings. The second-order valence-corrected chi connectivity index (χ2v) is 7.84. The summed E-state index contributed by atoms with van der Waals surface area (Å²) in [5.74, 6) is -0.988. The standard InChI is InChI=1S/C21H21Cl2FN2O2/c1-25(13-17-18(23)5-2-6-19(17)24)20(27)15-4-3-11-26(12-15)21(28)14-7-9-16(22)10-8-14/h2,5-10,15H,3-4,11-13H2,1H3. The van der Waals surface area contributed by atoms with Gasteiger partial charge in [-0.2, -0.15) is 0 Å². The largest absolute Gasteiger partial charge is 0.341 e. The second-order valence-electron chi connectivity index (χ2n) is 6.99. The summed E-state index contributed by atoms with van der Waals surface area (Å²) in [6.45, 7) is 1.04. The minimum atomic E-state index is -0.435. The van der Waals surface area contributed by atoms with E-state index in [1.54, 1.807) is 42.3 Å². The Morgan fingerprint density at radius 1 is 1.18 bits per heavy atom. The number of amides is 2. The molecule has 2 amide bonds. The van der Waals surface area contributed by atoms with Gasteiger partial charge in [-0.25, -0.2) is 4.39 Å². The molecule has 0 bridgehead atoms. The zero-order valence-corrected chi connectivity index (χ0v) is 17.0. The van der Waals surface area contributed by atoms with Gasteiger partial charge in [0, 0.05) is 47.9 Å². The molecule has 0 aromatic heterocycles. The molecule has 1 saturated heterocycles. The fourth-order valence-electron chi connectivity index (χ4n) is 3.45. The van der Waals surface area contributed by atoms with Crippen molar-refractivity contribution >= 4 is 35.0 Å².